The van der Waals surface area contributed by atoms with Crippen molar-refractivity contribution in [3.05, 3.63) is 48.6 Å². The maximum Gasteiger partial charge on any atom is 0.220 e. The Hall–Kier alpha value is -1.85. The highest BCUT2D eigenvalue weighted by molar-refractivity contribution is 5.76. The highest BCUT2D eigenvalue weighted by Crippen LogP contribution is 2.24. The Morgan fingerprint density at radius 3 is 1.06 bits per heavy atom. The van der Waals surface area contributed by atoms with Crippen molar-refractivity contribution in [1.29, 1.82) is 0 Å². The van der Waals surface area contributed by atoms with Crippen molar-refractivity contribution in [2.45, 2.75) is 429 Å². The Morgan fingerprint density at radius 2 is 0.713 bits per heavy atom. The van der Waals surface area contributed by atoms with Gasteiger partial charge in [-0.15, -0.1) is 0 Å². The average Bonchev–Trinajstić information content (AvgIpc) is 3.37. The number of rotatable bonds is 68. The Kier molecular flexibility index (Phi) is 64.1. The molecule has 1 amide bonds. The third-order valence-corrected chi connectivity index (χ3v) is 18.4. The van der Waals surface area contributed by atoms with Crippen LogP contribution in [0.15, 0.2) is 48.6 Å². The van der Waals surface area contributed by atoms with E-state index in [2.05, 4.69) is 67.8 Å². The fourth-order valence-corrected chi connectivity index (χ4v) is 12.5. The predicted octanol–water partition coefficient (Wildman–Crippen LogP) is 21.5. The molecule has 6 N–H and O–H groups in total. The highest BCUT2D eigenvalue weighted by Gasteiger charge is 2.44. The molecule has 0 aromatic carbocycles. The first-order valence-corrected chi connectivity index (χ1v) is 38.3. The molecule has 9 heteroatoms. The van der Waals surface area contributed by atoms with Crippen LogP contribution in [0.25, 0.3) is 0 Å². The first-order valence-electron chi connectivity index (χ1n) is 38.3. The largest absolute Gasteiger partial charge is 0.394 e. The van der Waals surface area contributed by atoms with Gasteiger partial charge >= 0.3 is 0 Å². The summed E-state index contributed by atoms with van der Waals surface area (Å²) in [4.78, 5) is 13.2. The lowest BCUT2D eigenvalue weighted by Crippen LogP contribution is -2.60. The maximum absolute atomic E-state index is 13.2. The van der Waals surface area contributed by atoms with Gasteiger partial charge in [-0.3, -0.25) is 4.79 Å². The van der Waals surface area contributed by atoms with Crippen molar-refractivity contribution < 1.29 is 39.8 Å². The molecule has 1 aliphatic heterocycles. The van der Waals surface area contributed by atoms with Crippen molar-refractivity contribution in [2.75, 3.05) is 13.2 Å². The molecule has 7 unspecified atom stereocenters. The van der Waals surface area contributed by atoms with E-state index in [0.29, 0.717) is 12.8 Å². The molecule has 1 rings (SSSR count). The topological polar surface area (TPSA) is 149 Å². The number of allylic oxidation sites excluding steroid dienone is 8. The molecule has 1 aliphatic rings. The number of amides is 1. The van der Waals surface area contributed by atoms with Gasteiger partial charge in [0.15, 0.2) is 6.29 Å². The molecular weight excluding hydrogens is 1080 g/mol. The van der Waals surface area contributed by atoms with Crippen LogP contribution in [0, 0.1) is 0 Å². The summed E-state index contributed by atoms with van der Waals surface area (Å²) >= 11 is 0. The highest BCUT2D eigenvalue weighted by atomic mass is 16.7. The standard InChI is InChI=1S/C78H147NO8/c1-3-5-7-9-11-13-15-17-19-21-23-25-27-29-31-32-33-34-35-36-37-38-39-40-42-44-46-48-50-52-54-56-58-60-62-64-66-68-74(82)79-71(70-86-78-77(85)76(84)75(83)73(69-80)87-78)72(81)67-65-63-61-59-57-55-53-51-49-47-45-43-41-30-28-26-24-22-20-18-16-14-12-10-8-6-4-2/h5,7,11,13,17,19,23,25,71-73,75-78,80-81,83-85H,3-4,6,8-10,12,14-16,18,20-22,24,26-70H2,1-2H3,(H,79,82)/b7-5-,13-11-,19-17-,25-23-. The molecule has 9 nitrogen and oxygen atoms in total. The Morgan fingerprint density at radius 1 is 0.402 bits per heavy atom. The molecule has 0 aromatic rings. The quantitative estimate of drug-likeness (QED) is 0.0261. The van der Waals surface area contributed by atoms with E-state index in [4.69, 9.17) is 9.47 Å². The number of ether oxygens (including phenoxy) is 2. The number of nitrogens with one attached hydrogen (secondary N) is 1. The zero-order valence-electron chi connectivity index (χ0n) is 57.5. The Balaban J connectivity index is 2.05. The zero-order chi connectivity index (χ0) is 62.8. The number of aliphatic hydroxyl groups is 5. The van der Waals surface area contributed by atoms with E-state index in [1.807, 2.05) is 0 Å². The molecule has 0 aromatic heterocycles. The van der Waals surface area contributed by atoms with Crippen molar-refractivity contribution in [3.63, 3.8) is 0 Å². The minimum atomic E-state index is -1.55. The molecular formula is C78H147NO8. The van der Waals surface area contributed by atoms with E-state index in [1.165, 1.54) is 295 Å². The number of hydrogen-bond acceptors (Lipinski definition) is 8. The van der Waals surface area contributed by atoms with E-state index >= 15 is 0 Å². The average molecular weight is 1230 g/mol. The molecule has 0 aliphatic carbocycles. The van der Waals surface area contributed by atoms with Gasteiger partial charge in [-0.05, 0) is 51.4 Å². The van der Waals surface area contributed by atoms with Crippen LogP contribution in [-0.4, -0.2) is 87.5 Å². The van der Waals surface area contributed by atoms with Gasteiger partial charge in [0.05, 0.1) is 25.4 Å². The van der Waals surface area contributed by atoms with Crippen LogP contribution in [0.1, 0.15) is 386 Å². The van der Waals surface area contributed by atoms with Gasteiger partial charge in [0.1, 0.15) is 24.4 Å². The minimum Gasteiger partial charge on any atom is -0.394 e. The summed E-state index contributed by atoms with van der Waals surface area (Å²) < 4.78 is 11.4. The summed E-state index contributed by atoms with van der Waals surface area (Å²) in [7, 11) is 0. The Labute approximate surface area is 539 Å². The van der Waals surface area contributed by atoms with Gasteiger partial charge in [0, 0.05) is 6.42 Å². The van der Waals surface area contributed by atoms with Gasteiger partial charge in [-0.25, -0.2) is 0 Å². The van der Waals surface area contributed by atoms with Gasteiger partial charge in [0.25, 0.3) is 0 Å². The summed E-state index contributed by atoms with van der Waals surface area (Å²) in [6.07, 6.45) is 84.9. The summed E-state index contributed by atoms with van der Waals surface area (Å²) in [5.41, 5.74) is 0. The number of carbonyl (C=O) groups excluding carboxylic acids is 1. The normalized spacial score (nSPS) is 18.2. The van der Waals surface area contributed by atoms with Crippen LogP contribution in [0.2, 0.25) is 0 Å². The van der Waals surface area contributed by atoms with Gasteiger partial charge < -0.3 is 40.3 Å². The van der Waals surface area contributed by atoms with Crippen LogP contribution < -0.4 is 5.32 Å². The van der Waals surface area contributed by atoms with Gasteiger partial charge in [0.2, 0.25) is 5.91 Å². The van der Waals surface area contributed by atoms with Gasteiger partial charge in [-0.2, -0.15) is 0 Å². The lowest BCUT2D eigenvalue weighted by molar-refractivity contribution is -0.302. The second-order valence-electron chi connectivity index (χ2n) is 26.8. The first-order chi connectivity index (χ1) is 42.8. The second kappa shape index (κ2) is 67.1. The summed E-state index contributed by atoms with van der Waals surface area (Å²) in [6.45, 7) is 3.79. The lowest BCUT2D eigenvalue weighted by Gasteiger charge is -2.40. The second-order valence-corrected chi connectivity index (χ2v) is 26.8. The van der Waals surface area contributed by atoms with Gasteiger partial charge in [-0.1, -0.05) is 377 Å². The summed E-state index contributed by atoms with van der Waals surface area (Å²) in [5.74, 6) is -0.135. The summed E-state index contributed by atoms with van der Waals surface area (Å²) in [5, 5.41) is 55.0. The van der Waals surface area contributed by atoms with E-state index in [1.54, 1.807) is 0 Å². The molecule has 1 fully saturated rings. The molecule has 87 heavy (non-hydrogen) atoms. The monoisotopic (exact) mass is 1230 g/mol. The smallest absolute Gasteiger partial charge is 0.220 e. The first kappa shape index (κ1) is 83.2. The third-order valence-electron chi connectivity index (χ3n) is 18.4. The molecule has 7 atom stereocenters. The molecule has 0 spiro atoms. The number of carbonyl (C=O) groups is 1. The molecule has 512 valence electrons. The SMILES string of the molecule is CC/C=C\C/C=C\C/C=C\C/C=C\CCCCCCCCCCCCCCCCCCCCCCCCCCC(=O)NC(COC1OC(CO)C(O)C(O)C1O)C(O)CCCCCCCCCCCCCCCCCCCCCCCCCCCCC. The van der Waals surface area contributed by atoms with Crippen LogP contribution in [0.5, 0.6) is 0 Å². The Bertz CT molecular complexity index is 1520. The van der Waals surface area contributed by atoms with Crippen LogP contribution in [0.3, 0.4) is 0 Å². The fourth-order valence-electron chi connectivity index (χ4n) is 12.5. The number of unbranched alkanes of at least 4 members (excludes halogenated alkanes) is 50. The number of hydrogen-bond donors (Lipinski definition) is 6. The van der Waals surface area contributed by atoms with Crippen LogP contribution in [-0.2, 0) is 14.3 Å². The fraction of sp³-hybridized carbons (Fsp3) is 0.885. The summed E-state index contributed by atoms with van der Waals surface area (Å²) in [6, 6.07) is -0.719. The molecule has 1 saturated heterocycles. The van der Waals surface area contributed by atoms with E-state index in [-0.39, 0.29) is 12.5 Å². The van der Waals surface area contributed by atoms with Crippen LogP contribution in [0.4, 0.5) is 0 Å². The maximum atomic E-state index is 13.2. The van der Waals surface area contributed by atoms with E-state index in [9.17, 15) is 30.3 Å². The molecule has 0 radical (unpaired) electrons. The van der Waals surface area contributed by atoms with Crippen molar-refractivity contribution >= 4 is 5.91 Å². The zero-order valence-corrected chi connectivity index (χ0v) is 57.5. The van der Waals surface area contributed by atoms with E-state index in [0.717, 1.165) is 64.2 Å². The van der Waals surface area contributed by atoms with Crippen LogP contribution >= 0.6 is 0 Å². The lowest BCUT2D eigenvalue weighted by atomic mass is 9.99. The minimum absolute atomic E-state index is 0.133. The molecule has 0 bridgehead atoms. The number of aliphatic hydroxyl groups excluding tert-OH is 5. The molecule has 0 saturated carbocycles. The third kappa shape index (κ3) is 55.5. The molecule has 1 heterocycles. The van der Waals surface area contributed by atoms with Crippen molar-refractivity contribution in [2.24, 2.45) is 0 Å². The predicted molar refractivity (Wildman–Crippen MR) is 373 cm³/mol. The van der Waals surface area contributed by atoms with Crippen molar-refractivity contribution in [3.8, 4) is 0 Å². The van der Waals surface area contributed by atoms with Crippen molar-refractivity contribution in [1.82, 2.24) is 5.32 Å². The van der Waals surface area contributed by atoms with E-state index < -0.39 is 49.5 Å².